The second-order valence-corrected chi connectivity index (χ2v) is 7.74. The zero-order valence-electron chi connectivity index (χ0n) is 13.2. The van der Waals surface area contributed by atoms with E-state index in [1.165, 1.54) is 0 Å². The summed E-state index contributed by atoms with van der Waals surface area (Å²) in [6, 6.07) is 4.91. The maximum Gasteiger partial charge on any atom is 0.248 e. The fraction of sp³-hybridized carbons (Fsp3) is 0.375. The molecule has 1 unspecified atom stereocenters. The molecule has 124 valence electrons. The molecule has 0 spiro atoms. The van der Waals surface area contributed by atoms with E-state index in [2.05, 4.69) is 34.7 Å². The zero-order valence-corrected chi connectivity index (χ0v) is 14.7. The number of tetrazole rings is 1. The van der Waals surface area contributed by atoms with Crippen LogP contribution >= 0.6 is 23.2 Å². The maximum absolute atomic E-state index is 12.9. The van der Waals surface area contributed by atoms with Gasteiger partial charge in [0.25, 0.3) is 0 Å². The van der Waals surface area contributed by atoms with Gasteiger partial charge in [0.1, 0.15) is 6.04 Å². The Balaban J connectivity index is 1.95. The first-order chi connectivity index (χ1) is 11.4. The third kappa shape index (κ3) is 2.32. The van der Waals surface area contributed by atoms with Gasteiger partial charge in [-0.05, 0) is 28.3 Å². The molecule has 0 bridgehead atoms. The molecule has 6 nitrogen and oxygen atoms in total. The van der Waals surface area contributed by atoms with E-state index in [0.717, 1.165) is 17.7 Å². The molecule has 2 heterocycles. The largest absolute Gasteiger partial charge is 0.326 e. The molecule has 1 aromatic carbocycles. The number of carbonyl (C=O) groups is 1. The van der Waals surface area contributed by atoms with E-state index < -0.39 is 6.04 Å². The average molecular weight is 364 g/mol. The minimum atomic E-state index is -0.471. The molecule has 0 saturated carbocycles. The highest BCUT2D eigenvalue weighted by molar-refractivity contribution is 6.42. The Hall–Kier alpha value is -1.92. The van der Waals surface area contributed by atoms with Gasteiger partial charge in [0.2, 0.25) is 5.95 Å². The molecule has 24 heavy (non-hydrogen) atoms. The number of allylic oxidation sites excluding steroid dienone is 2. The van der Waals surface area contributed by atoms with Crippen molar-refractivity contribution in [3.8, 4) is 0 Å². The Morgan fingerprint density at radius 3 is 2.88 bits per heavy atom. The Kier molecular flexibility index (Phi) is 3.44. The lowest BCUT2D eigenvalue weighted by molar-refractivity contribution is -0.118. The van der Waals surface area contributed by atoms with E-state index in [4.69, 9.17) is 23.2 Å². The molecule has 1 N–H and O–H groups in total. The average Bonchev–Trinajstić information content (AvgIpc) is 2.95. The monoisotopic (exact) mass is 363 g/mol. The molecule has 1 aliphatic carbocycles. The standard InChI is InChI=1S/C16H15Cl2N5O/c1-16(2)6-10-12(11(24)7-16)14(23-15(19-10)20-21-22-23)8-4-3-5-9(17)13(8)18/h3-5,14H,6-7H2,1-2H3,(H,19,20,22). The summed E-state index contributed by atoms with van der Waals surface area (Å²) in [5.41, 5.74) is 2.14. The van der Waals surface area contributed by atoms with Gasteiger partial charge in [-0.2, -0.15) is 4.68 Å². The van der Waals surface area contributed by atoms with E-state index in [-0.39, 0.29) is 11.2 Å². The molecule has 8 heteroatoms. The van der Waals surface area contributed by atoms with Crippen LogP contribution in [0.25, 0.3) is 0 Å². The van der Waals surface area contributed by atoms with Crippen LogP contribution in [0.1, 0.15) is 38.3 Å². The first-order valence-corrected chi connectivity index (χ1v) is 8.38. The first kappa shape index (κ1) is 15.6. The molecule has 2 aliphatic rings. The van der Waals surface area contributed by atoms with E-state index in [9.17, 15) is 4.79 Å². The molecule has 1 aromatic heterocycles. The number of fused-ring (bicyclic) bond motifs is 1. The number of carbonyl (C=O) groups excluding carboxylic acids is 1. The molecule has 1 aliphatic heterocycles. The van der Waals surface area contributed by atoms with Crippen LogP contribution in [0.2, 0.25) is 10.0 Å². The van der Waals surface area contributed by atoms with Gasteiger partial charge < -0.3 is 5.32 Å². The number of benzene rings is 1. The number of anilines is 1. The number of Topliss-reactive ketones (excluding diaryl/α,β-unsaturated/α-hetero) is 1. The van der Waals surface area contributed by atoms with Gasteiger partial charge in [-0.25, -0.2) is 0 Å². The van der Waals surface area contributed by atoms with Gasteiger partial charge in [-0.3, -0.25) is 4.79 Å². The fourth-order valence-electron chi connectivity index (χ4n) is 3.49. The summed E-state index contributed by atoms with van der Waals surface area (Å²) in [4.78, 5) is 12.9. The summed E-state index contributed by atoms with van der Waals surface area (Å²) in [6.07, 6.45) is 1.22. The van der Waals surface area contributed by atoms with Crippen LogP contribution in [0.5, 0.6) is 0 Å². The third-order valence-electron chi connectivity index (χ3n) is 4.47. The SMILES string of the molecule is CC1(C)CC(=O)C2=C(C1)Nc1nnnn1C2c1cccc(Cl)c1Cl. The Morgan fingerprint density at radius 2 is 2.08 bits per heavy atom. The van der Waals surface area contributed by atoms with Crippen LogP contribution in [0.4, 0.5) is 5.95 Å². The number of rotatable bonds is 1. The molecular weight excluding hydrogens is 349 g/mol. The number of aromatic nitrogens is 4. The lowest BCUT2D eigenvalue weighted by Crippen LogP contribution is -2.36. The molecule has 0 amide bonds. The van der Waals surface area contributed by atoms with Gasteiger partial charge in [-0.1, -0.05) is 54.3 Å². The highest BCUT2D eigenvalue weighted by Gasteiger charge is 2.42. The van der Waals surface area contributed by atoms with Crippen molar-refractivity contribution in [3.63, 3.8) is 0 Å². The normalized spacial score (nSPS) is 22.0. The number of hydrogen-bond donors (Lipinski definition) is 1. The Bertz CT molecular complexity index is 886. The summed E-state index contributed by atoms with van der Waals surface area (Å²) >= 11 is 12.6. The van der Waals surface area contributed by atoms with Crippen LogP contribution < -0.4 is 5.32 Å². The Morgan fingerprint density at radius 1 is 1.29 bits per heavy atom. The van der Waals surface area contributed by atoms with Crippen LogP contribution in [-0.4, -0.2) is 26.0 Å². The molecule has 0 fully saturated rings. The molecule has 0 radical (unpaired) electrons. The van der Waals surface area contributed by atoms with Crippen molar-refractivity contribution in [2.75, 3.05) is 5.32 Å². The van der Waals surface area contributed by atoms with Crippen LogP contribution in [0.3, 0.4) is 0 Å². The lowest BCUT2D eigenvalue weighted by Gasteiger charge is -2.38. The number of nitrogens with one attached hydrogen (secondary N) is 1. The van der Waals surface area contributed by atoms with Crippen molar-refractivity contribution in [1.82, 2.24) is 20.2 Å². The minimum absolute atomic E-state index is 0.0796. The smallest absolute Gasteiger partial charge is 0.248 e. The van der Waals surface area contributed by atoms with Crippen LogP contribution in [-0.2, 0) is 4.79 Å². The van der Waals surface area contributed by atoms with Gasteiger partial charge in [0.15, 0.2) is 5.78 Å². The number of hydrogen-bond acceptors (Lipinski definition) is 5. The van der Waals surface area contributed by atoms with Crippen LogP contribution in [0, 0.1) is 5.41 Å². The van der Waals surface area contributed by atoms with Crippen LogP contribution in [0.15, 0.2) is 29.5 Å². The topological polar surface area (TPSA) is 72.7 Å². The third-order valence-corrected chi connectivity index (χ3v) is 5.30. The van der Waals surface area contributed by atoms with Crippen molar-refractivity contribution in [1.29, 1.82) is 0 Å². The number of halogens is 2. The summed E-state index contributed by atoms with van der Waals surface area (Å²) in [6.45, 7) is 4.16. The van der Waals surface area contributed by atoms with E-state index in [1.807, 2.05) is 12.1 Å². The predicted octanol–water partition coefficient (Wildman–Crippen LogP) is 3.64. The molecule has 1 atom stereocenters. The highest BCUT2D eigenvalue weighted by atomic mass is 35.5. The van der Waals surface area contributed by atoms with Crippen molar-refractivity contribution in [2.24, 2.45) is 5.41 Å². The van der Waals surface area contributed by atoms with Crippen molar-refractivity contribution in [3.05, 3.63) is 45.1 Å². The van der Waals surface area contributed by atoms with Gasteiger partial charge >= 0.3 is 0 Å². The minimum Gasteiger partial charge on any atom is -0.326 e. The van der Waals surface area contributed by atoms with Gasteiger partial charge in [-0.15, -0.1) is 0 Å². The summed E-state index contributed by atoms with van der Waals surface area (Å²) in [5, 5.41) is 15.9. The maximum atomic E-state index is 12.9. The second-order valence-electron chi connectivity index (χ2n) is 6.95. The van der Waals surface area contributed by atoms with E-state index >= 15 is 0 Å². The first-order valence-electron chi connectivity index (χ1n) is 7.62. The van der Waals surface area contributed by atoms with Crippen molar-refractivity contribution < 1.29 is 4.79 Å². The summed E-state index contributed by atoms with van der Waals surface area (Å²) in [7, 11) is 0. The second kappa shape index (κ2) is 5.29. The number of nitrogens with zero attached hydrogens (tertiary/aromatic N) is 4. The molecule has 2 aromatic rings. The van der Waals surface area contributed by atoms with E-state index in [1.54, 1.807) is 10.7 Å². The van der Waals surface area contributed by atoms with Gasteiger partial charge in [0.05, 0.1) is 10.0 Å². The van der Waals surface area contributed by atoms with Crippen molar-refractivity contribution >= 4 is 34.9 Å². The molecular formula is C16H15Cl2N5O. The highest BCUT2D eigenvalue weighted by Crippen LogP contribution is 2.46. The quantitative estimate of drug-likeness (QED) is 0.837. The predicted molar refractivity (Wildman–Crippen MR) is 91.1 cm³/mol. The lowest BCUT2D eigenvalue weighted by atomic mass is 9.73. The summed E-state index contributed by atoms with van der Waals surface area (Å²) < 4.78 is 1.59. The van der Waals surface area contributed by atoms with E-state index in [0.29, 0.717) is 28.0 Å². The van der Waals surface area contributed by atoms with Crippen molar-refractivity contribution in [2.45, 2.75) is 32.7 Å². The zero-order chi connectivity index (χ0) is 17.1. The summed E-state index contributed by atoms with van der Waals surface area (Å²) in [5.74, 6) is 0.580. The number of ketones is 1. The van der Waals surface area contributed by atoms with Gasteiger partial charge in [0, 0.05) is 23.3 Å². The fourth-order valence-corrected chi connectivity index (χ4v) is 3.90. The molecule has 0 saturated heterocycles. The molecule has 4 rings (SSSR count). The Labute approximate surface area is 148 Å².